The molecule has 86 valence electrons. The van der Waals surface area contributed by atoms with Crippen LogP contribution in [0.4, 0.5) is 0 Å². The van der Waals surface area contributed by atoms with Crippen LogP contribution in [0.25, 0.3) is 0 Å². The van der Waals surface area contributed by atoms with E-state index in [1.165, 1.54) is 25.8 Å². The average Bonchev–Trinajstić information content (AvgIpc) is 1.94. The molecule has 1 heteroatoms. The summed E-state index contributed by atoms with van der Waals surface area (Å²) in [6.45, 7) is 10.8. The van der Waals surface area contributed by atoms with Gasteiger partial charge in [-0.25, -0.2) is 0 Å². The van der Waals surface area contributed by atoms with E-state index in [0.717, 1.165) is 10.4 Å². The maximum Gasteiger partial charge on any atom is 0.0834 e. The van der Waals surface area contributed by atoms with Gasteiger partial charge in [-0.05, 0) is 12.3 Å². The third-order valence-corrected chi connectivity index (χ3v) is 3.12. The molecule has 1 nitrogen and oxygen atoms in total. The molecular weight excluding hydrogens is 170 g/mol. The second kappa shape index (κ2) is 5.16. The van der Waals surface area contributed by atoms with E-state index in [9.17, 15) is 0 Å². The molecular formula is C13H30N+. The Bertz CT molecular complexity index is 153. The third kappa shape index (κ3) is 4.99. The summed E-state index contributed by atoms with van der Waals surface area (Å²) in [6.07, 6.45) is 4.02. The van der Waals surface area contributed by atoms with Crippen molar-refractivity contribution in [3.05, 3.63) is 0 Å². The first-order valence-electron chi connectivity index (χ1n) is 6.03. The first-order valence-corrected chi connectivity index (χ1v) is 6.03. The van der Waals surface area contributed by atoms with Crippen molar-refractivity contribution in [1.82, 2.24) is 0 Å². The van der Waals surface area contributed by atoms with Crippen LogP contribution in [-0.2, 0) is 0 Å². The van der Waals surface area contributed by atoms with Gasteiger partial charge in [0.05, 0.1) is 27.7 Å². The summed E-state index contributed by atoms with van der Waals surface area (Å²) < 4.78 is 1.08. The molecule has 0 saturated carbocycles. The maximum absolute atomic E-state index is 2.43. The number of hydrogen-bond donors (Lipinski definition) is 0. The van der Waals surface area contributed by atoms with Gasteiger partial charge in [0, 0.05) is 5.41 Å². The lowest BCUT2D eigenvalue weighted by atomic mass is 9.74. The van der Waals surface area contributed by atoms with Gasteiger partial charge in [-0.15, -0.1) is 0 Å². The predicted molar refractivity (Wildman–Crippen MR) is 65.4 cm³/mol. The van der Waals surface area contributed by atoms with Crippen LogP contribution in [0.5, 0.6) is 0 Å². The molecule has 0 fully saturated rings. The Hall–Kier alpha value is -0.0400. The highest BCUT2D eigenvalue weighted by Gasteiger charge is 2.32. The van der Waals surface area contributed by atoms with Crippen LogP contribution < -0.4 is 0 Å². The van der Waals surface area contributed by atoms with Crippen LogP contribution in [-0.4, -0.2) is 32.2 Å². The summed E-state index contributed by atoms with van der Waals surface area (Å²) in [4.78, 5) is 0. The number of nitrogens with zero attached hydrogens (tertiary/aromatic N) is 1. The van der Waals surface area contributed by atoms with Crippen molar-refractivity contribution in [2.24, 2.45) is 11.3 Å². The van der Waals surface area contributed by atoms with Gasteiger partial charge in [0.15, 0.2) is 0 Å². The summed E-state index contributed by atoms with van der Waals surface area (Å²) in [7, 11) is 6.88. The third-order valence-electron chi connectivity index (χ3n) is 3.12. The standard InChI is InChI=1S/C13H30N/c1-8-10-12(9-2)13(3,4)11-14(5,6)7/h12H,8-11H2,1-7H3/q+1. The molecule has 0 heterocycles. The van der Waals surface area contributed by atoms with Crippen LogP contribution >= 0.6 is 0 Å². The first kappa shape index (κ1) is 14.0. The zero-order valence-corrected chi connectivity index (χ0v) is 11.4. The van der Waals surface area contributed by atoms with Crippen molar-refractivity contribution in [1.29, 1.82) is 0 Å². The summed E-state index contributed by atoms with van der Waals surface area (Å²) in [5.41, 5.74) is 0.475. The van der Waals surface area contributed by atoms with E-state index in [2.05, 4.69) is 48.8 Å². The second-order valence-corrected chi connectivity index (χ2v) is 6.33. The Balaban J connectivity index is 4.40. The molecule has 0 aromatic carbocycles. The zero-order valence-electron chi connectivity index (χ0n) is 11.4. The molecule has 0 saturated heterocycles. The van der Waals surface area contributed by atoms with Crippen LogP contribution in [0.2, 0.25) is 0 Å². The first-order chi connectivity index (χ1) is 6.23. The van der Waals surface area contributed by atoms with E-state index in [1.807, 2.05) is 0 Å². The molecule has 0 aromatic heterocycles. The monoisotopic (exact) mass is 200 g/mol. The Morgan fingerprint density at radius 3 is 1.86 bits per heavy atom. The number of rotatable bonds is 6. The topological polar surface area (TPSA) is 0 Å². The lowest BCUT2D eigenvalue weighted by Gasteiger charge is -2.39. The Morgan fingerprint density at radius 2 is 1.57 bits per heavy atom. The average molecular weight is 200 g/mol. The van der Waals surface area contributed by atoms with Gasteiger partial charge in [-0.2, -0.15) is 0 Å². The summed E-state index contributed by atoms with van der Waals surface area (Å²) in [5.74, 6) is 0.879. The van der Waals surface area contributed by atoms with E-state index >= 15 is 0 Å². The fourth-order valence-corrected chi connectivity index (χ4v) is 2.85. The molecule has 1 atom stereocenters. The van der Waals surface area contributed by atoms with Gasteiger partial charge in [0.1, 0.15) is 0 Å². The lowest BCUT2D eigenvalue weighted by Crippen LogP contribution is -2.45. The van der Waals surface area contributed by atoms with Crippen molar-refractivity contribution in [3.8, 4) is 0 Å². The highest BCUT2D eigenvalue weighted by Crippen LogP contribution is 2.34. The minimum atomic E-state index is 0.475. The minimum absolute atomic E-state index is 0.475. The van der Waals surface area contributed by atoms with Crippen LogP contribution in [0.15, 0.2) is 0 Å². The molecule has 0 aliphatic carbocycles. The normalized spacial score (nSPS) is 15.6. The van der Waals surface area contributed by atoms with E-state index < -0.39 is 0 Å². The number of quaternary nitrogens is 1. The Kier molecular flexibility index (Phi) is 5.14. The smallest absolute Gasteiger partial charge is 0.0834 e. The van der Waals surface area contributed by atoms with Crippen LogP contribution in [0, 0.1) is 11.3 Å². The van der Waals surface area contributed by atoms with Gasteiger partial charge < -0.3 is 4.48 Å². The molecule has 0 bridgehead atoms. The fraction of sp³-hybridized carbons (Fsp3) is 1.00. The van der Waals surface area contributed by atoms with Crippen molar-refractivity contribution in [3.63, 3.8) is 0 Å². The van der Waals surface area contributed by atoms with Crippen molar-refractivity contribution in [2.45, 2.75) is 47.0 Å². The summed E-state index contributed by atoms with van der Waals surface area (Å²) in [5, 5.41) is 0. The highest BCUT2D eigenvalue weighted by molar-refractivity contribution is 4.77. The second-order valence-electron chi connectivity index (χ2n) is 6.33. The van der Waals surface area contributed by atoms with Crippen LogP contribution in [0.1, 0.15) is 47.0 Å². The van der Waals surface area contributed by atoms with E-state index in [0.29, 0.717) is 5.41 Å². The van der Waals surface area contributed by atoms with E-state index in [1.54, 1.807) is 0 Å². The molecule has 0 amide bonds. The summed E-state index contributed by atoms with van der Waals surface area (Å²) in [6, 6.07) is 0. The number of hydrogen-bond acceptors (Lipinski definition) is 0. The molecule has 0 radical (unpaired) electrons. The summed E-state index contributed by atoms with van der Waals surface area (Å²) >= 11 is 0. The SMILES string of the molecule is CCCC(CC)C(C)(C)C[N+](C)(C)C. The van der Waals surface area contributed by atoms with E-state index in [-0.39, 0.29) is 0 Å². The minimum Gasteiger partial charge on any atom is -0.330 e. The van der Waals surface area contributed by atoms with Gasteiger partial charge in [0.25, 0.3) is 0 Å². The molecule has 0 aliphatic heterocycles. The quantitative estimate of drug-likeness (QED) is 0.575. The van der Waals surface area contributed by atoms with Crippen LogP contribution in [0.3, 0.4) is 0 Å². The van der Waals surface area contributed by atoms with Gasteiger partial charge in [-0.1, -0.05) is 40.5 Å². The van der Waals surface area contributed by atoms with Gasteiger partial charge >= 0.3 is 0 Å². The van der Waals surface area contributed by atoms with Gasteiger partial charge in [0.2, 0.25) is 0 Å². The zero-order chi connectivity index (χ0) is 11.4. The van der Waals surface area contributed by atoms with Crippen molar-refractivity contribution >= 4 is 0 Å². The molecule has 0 aromatic rings. The fourth-order valence-electron chi connectivity index (χ4n) is 2.85. The Morgan fingerprint density at radius 1 is 1.07 bits per heavy atom. The lowest BCUT2D eigenvalue weighted by molar-refractivity contribution is -0.877. The molecule has 0 N–H and O–H groups in total. The van der Waals surface area contributed by atoms with Crippen molar-refractivity contribution < 1.29 is 4.48 Å². The van der Waals surface area contributed by atoms with Gasteiger partial charge in [-0.3, -0.25) is 0 Å². The maximum atomic E-state index is 2.43. The molecule has 0 rings (SSSR count). The molecule has 0 aliphatic rings. The Labute approximate surface area is 91.1 Å². The molecule has 14 heavy (non-hydrogen) atoms. The highest BCUT2D eigenvalue weighted by atomic mass is 15.3. The largest absolute Gasteiger partial charge is 0.330 e. The predicted octanol–water partition coefficient (Wildman–Crippen LogP) is 3.55. The molecule has 0 spiro atoms. The van der Waals surface area contributed by atoms with Crippen molar-refractivity contribution in [2.75, 3.05) is 27.7 Å². The molecule has 1 unspecified atom stereocenters. The van der Waals surface area contributed by atoms with E-state index in [4.69, 9.17) is 0 Å².